The van der Waals surface area contributed by atoms with Crippen molar-refractivity contribution < 1.29 is 24.9 Å². The minimum atomic E-state index is -1.62. The molecule has 41 heavy (non-hydrogen) atoms. The molecule has 0 aromatic heterocycles. The van der Waals surface area contributed by atoms with Crippen molar-refractivity contribution in [3.63, 3.8) is 0 Å². The molecule has 2 unspecified atom stereocenters. The van der Waals surface area contributed by atoms with Gasteiger partial charge in [0.15, 0.2) is 22.8 Å². The van der Waals surface area contributed by atoms with Gasteiger partial charge >= 0.3 is 0 Å². The highest BCUT2D eigenvalue weighted by atomic mass is 16.3. The van der Waals surface area contributed by atoms with E-state index in [4.69, 9.17) is 0 Å². The van der Waals surface area contributed by atoms with Crippen LogP contribution in [0.2, 0.25) is 0 Å². The summed E-state index contributed by atoms with van der Waals surface area (Å²) in [5.41, 5.74) is -0.0664. The average Bonchev–Trinajstić information content (AvgIpc) is 2.95. The summed E-state index contributed by atoms with van der Waals surface area (Å²) >= 11 is 0. The number of carbonyl (C=O) groups is 2. The minimum Gasteiger partial charge on any atom is -0.508 e. The van der Waals surface area contributed by atoms with Gasteiger partial charge in [0.1, 0.15) is 5.75 Å². The van der Waals surface area contributed by atoms with Gasteiger partial charge in [0.25, 0.3) is 0 Å². The number of allylic oxidation sites excluding steroid dienone is 5. The van der Waals surface area contributed by atoms with Crippen molar-refractivity contribution in [3.8, 4) is 29.4 Å². The number of unbranched alkanes of at least 4 members (excludes halogenated alkanes) is 3. The summed E-state index contributed by atoms with van der Waals surface area (Å²) in [5.74, 6) is 11.7. The third kappa shape index (κ3) is 8.79. The Morgan fingerprint density at radius 1 is 0.780 bits per heavy atom. The summed E-state index contributed by atoms with van der Waals surface area (Å²) in [7, 11) is 0. The Bertz CT molecular complexity index is 1350. The largest absolute Gasteiger partial charge is 0.508 e. The predicted molar refractivity (Wildman–Crippen MR) is 164 cm³/mol. The highest BCUT2D eigenvalue weighted by Gasteiger charge is 2.31. The Morgan fingerprint density at radius 2 is 1.27 bits per heavy atom. The molecule has 3 rings (SSSR count). The highest BCUT2D eigenvalue weighted by Crippen LogP contribution is 2.29. The number of aryl methyl sites for hydroxylation is 1. The number of phenolic OH excluding ortho intramolecular Hbond substituents is 1. The quantitative estimate of drug-likeness (QED) is 0.305. The van der Waals surface area contributed by atoms with Crippen LogP contribution < -0.4 is 0 Å². The molecule has 0 bridgehead atoms. The maximum absolute atomic E-state index is 12.1. The number of ketones is 2. The van der Waals surface area contributed by atoms with Crippen LogP contribution in [0, 0.1) is 23.7 Å². The lowest BCUT2D eigenvalue weighted by molar-refractivity contribution is -0.111. The van der Waals surface area contributed by atoms with E-state index in [9.17, 15) is 24.9 Å². The molecule has 0 fully saturated rings. The Hall–Kier alpha value is -3.90. The summed E-state index contributed by atoms with van der Waals surface area (Å²) < 4.78 is 0. The van der Waals surface area contributed by atoms with Gasteiger partial charge in [0.05, 0.1) is 5.57 Å². The van der Waals surface area contributed by atoms with Crippen LogP contribution in [0.3, 0.4) is 0 Å². The van der Waals surface area contributed by atoms with Gasteiger partial charge in [-0.3, -0.25) is 9.59 Å². The number of rotatable bonds is 10. The molecule has 2 atom stereocenters. The van der Waals surface area contributed by atoms with Gasteiger partial charge in [-0.05, 0) is 115 Å². The second-order valence-electron chi connectivity index (χ2n) is 10.6. The fraction of sp³-hybridized carbons (Fsp3) is 0.389. The lowest BCUT2D eigenvalue weighted by atomic mass is 9.84. The Kier molecular flexibility index (Phi) is 11.3. The summed E-state index contributed by atoms with van der Waals surface area (Å²) in [6, 6.07) is 5.12. The van der Waals surface area contributed by atoms with Crippen LogP contribution in [-0.2, 0) is 16.0 Å². The smallest absolute Gasteiger partial charge is 0.178 e. The number of aromatic hydroxyl groups is 1. The van der Waals surface area contributed by atoms with Crippen LogP contribution in [0.15, 0.2) is 71.4 Å². The van der Waals surface area contributed by atoms with Gasteiger partial charge in [-0.25, -0.2) is 0 Å². The molecule has 0 heterocycles. The SMILES string of the molecule is CCCCC1=CC(=O)C=CC1(O)C#CC(C#CC1(O)C=CC(=O)C=C1CCCC)=Cc1ccc(O)cc1CCCC. The van der Waals surface area contributed by atoms with E-state index in [0.717, 1.165) is 56.1 Å². The summed E-state index contributed by atoms with van der Waals surface area (Å²) in [6.07, 6.45) is 17.3. The zero-order valence-electron chi connectivity index (χ0n) is 24.3. The van der Waals surface area contributed by atoms with Gasteiger partial charge < -0.3 is 15.3 Å². The first kappa shape index (κ1) is 31.6. The fourth-order valence-corrected chi connectivity index (χ4v) is 4.68. The van der Waals surface area contributed by atoms with E-state index >= 15 is 0 Å². The maximum Gasteiger partial charge on any atom is 0.178 e. The minimum absolute atomic E-state index is 0.168. The number of carbonyl (C=O) groups excluding carboxylic acids is 2. The van der Waals surface area contributed by atoms with E-state index in [1.807, 2.05) is 13.8 Å². The van der Waals surface area contributed by atoms with Gasteiger partial charge in [-0.2, -0.15) is 0 Å². The molecule has 0 saturated carbocycles. The molecule has 0 saturated heterocycles. The van der Waals surface area contributed by atoms with Crippen LogP contribution in [0.1, 0.15) is 83.3 Å². The lowest BCUT2D eigenvalue weighted by Gasteiger charge is -2.25. The molecule has 0 aliphatic heterocycles. The van der Waals surface area contributed by atoms with Crippen molar-refractivity contribution in [2.45, 2.75) is 89.8 Å². The second kappa shape index (κ2) is 14.6. The first-order valence-corrected chi connectivity index (χ1v) is 14.6. The second-order valence-corrected chi connectivity index (χ2v) is 10.6. The molecule has 1 aromatic rings. The van der Waals surface area contributed by atoms with E-state index in [-0.39, 0.29) is 17.3 Å². The van der Waals surface area contributed by atoms with Crippen molar-refractivity contribution in [2.24, 2.45) is 0 Å². The Balaban J connectivity index is 2.13. The molecular formula is C36H40O5. The van der Waals surface area contributed by atoms with Crippen LogP contribution in [0.4, 0.5) is 0 Å². The van der Waals surface area contributed by atoms with Crippen LogP contribution in [0.5, 0.6) is 5.75 Å². The zero-order chi connectivity index (χ0) is 29.9. The van der Waals surface area contributed by atoms with E-state index < -0.39 is 11.2 Å². The molecule has 2 aliphatic rings. The van der Waals surface area contributed by atoms with E-state index in [1.54, 1.807) is 24.3 Å². The maximum atomic E-state index is 12.1. The van der Waals surface area contributed by atoms with Crippen molar-refractivity contribution in [2.75, 3.05) is 0 Å². The number of benzene rings is 1. The van der Waals surface area contributed by atoms with Gasteiger partial charge in [-0.1, -0.05) is 69.8 Å². The van der Waals surface area contributed by atoms with Crippen molar-refractivity contribution in [1.82, 2.24) is 0 Å². The number of hydrogen-bond acceptors (Lipinski definition) is 5. The first-order chi connectivity index (χ1) is 19.6. The Morgan fingerprint density at radius 3 is 1.76 bits per heavy atom. The van der Waals surface area contributed by atoms with Crippen molar-refractivity contribution in [1.29, 1.82) is 0 Å². The summed E-state index contributed by atoms with van der Waals surface area (Å²) in [6.45, 7) is 6.18. The molecule has 3 N–H and O–H groups in total. The van der Waals surface area contributed by atoms with Gasteiger partial charge in [0, 0.05) is 0 Å². The Labute approximate surface area is 244 Å². The number of phenols is 1. The molecular weight excluding hydrogens is 512 g/mol. The third-order valence-corrected chi connectivity index (χ3v) is 7.19. The van der Waals surface area contributed by atoms with Gasteiger partial charge in [-0.15, -0.1) is 0 Å². The van der Waals surface area contributed by atoms with Crippen molar-refractivity contribution in [3.05, 3.63) is 82.5 Å². The molecule has 214 valence electrons. The third-order valence-electron chi connectivity index (χ3n) is 7.19. The normalized spacial score (nSPS) is 21.3. The molecule has 5 heteroatoms. The summed E-state index contributed by atoms with van der Waals surface area (Å²) in [5, 5.41) is 33.0. The monoisotopic (exact) mass is 552 g/mol. The number of aliphatic hydroxyl groups is 2. The van der Waals surface area contributed by atoms with Crippen molar-refractivity contribution >= 4 is 17.6 Å². The summed E-state index contributed by atoms with van der Waals surface area (Å²) in [4.78, 5) is 24.1. The van der Waals surface area contributed by atoms with E-state index in [0.29, 0.717) is 29.6 Å². The van der Waals surface area contributed by atoms with Crippen LogP contribution in [-0.4, -0.2) is 38.1 Å². The first-order valence-electron chi connectivity index (χ1n) is 14.6. The fourth-order valence-electron chi connectivity index (χ4n) is 4.68. The zero-order valence-corrected chi connectivity index (χ0v) is 24.3. The molecule has 1 aromatic carbocycles. The van der Waals surface area contributed by atoms with Crippen LogP contribution >= 0.6 is 0 Å². The van der Waals surface area contributed by atoms with Crippen LogP contribution in [0.25, 0.3) is 6.08 Å². The molecule has 5 nitrogen and oxygen atoms in total. The van der Waals surface area contributed by atoms with Gasteiger partial charge in [0.2, 0.25) is 0 Å². The molecule has 0 spiro atoms. The molecule has 0 amide bonds. The molecule has 2 aliphatic carbocycles. The topological polar surface area (TPSA) is 94.8 Å². The number of hydrogen-bond donors (Lipinski definition) is 3. The van der Waals surface area contributed by atoms with E-state index in [1.165, 1.54) is 36.5 Å². The lowest BCUT2D eigenvalue weighted by Crippen LogP contribution is -2.30. The predicted octanol–water partition coefficient (Wildman–Crippen LogP) is 6.10. The molecule has 0 radical (unpaired) electrons. The van der Waals surface area contributed by atoms with E-state index in [2.05, 4.69) is 30.6 Å². The highest BCUT2D eigenvalue weighted by molar-refractivity contribution is 6.02. The standard InChI is InChI=1S/C36H40O5/c1-4-7-10-28-24-32(37)14-13-29(28)23-27(15-19-35(40)21-17-33(38)25-30(35)11-8-5-2)16-20-36(41)22-18-34(39)26-31(36)12-9-6-3/h13-14,17-18,21-26,37,40-41H,4-12H2,1-3H3. The average molecular weight is 553 g/mol.